The fourth-order valence-electron chi connectivity index (χ4n) is 1.84. The average molecular weight is 277 g/mol. The zero-order valence-electron chi connectivity index (χ0n) is 11.4. The van der Waals surface area contributed by atoms with Gasteiger partial charge in [-0.25, -0.2) is 4.39 Å². The predicted octanol–water partition coefficient (Wildman–Crippen LogP) is 2.05. The highest BCUT2D eigenvalue weighted by Crippen LogP contribution is 2.17. The van der Waals surface area contributed by atoms with Crippen LogP contribution >= 0.6 is 0 Å². The quantitative estimate of drug-likeness (QED) is 0.876. The lowest BCUT2D eigenvalue weighted by Crippen LogP contribution is -2.16. The van der Waals surface area contributed by atoms with Crippen molar-refractivity contribution in [2.75, 3.05) is 5.32 Å². The molecule has 0 spiro atoms. The van der Waals surface area contributed by atoms with Crippen LogP contribution < -0.4 is 5.32 Å². The number of halogens is 1. The zero-order chi connectivity index (χ0) is 14.5. The van der Waals surface area contributed by atoms with Gasteiger partial charge in [0.15, 0.2) is 0 Å². The number of carbonyl (C=O) groups excluding carboxylic acids is 1. The minimum atomic E-state index is -1.01. The van der Waals surface area contributed by atoms with E-state index in [1.165, 1.54) is 12.4 Å². The summed E-state index contributed by atoms with van der Waals surface area (Å²) in [6.45, 7) is 3.49. The van der Waals surface area contributed by atoms with E-state index in [0.29, 0.717) is 29.1 Å². The largest absolute Gasteiger partial charge is 0.320 e. The topological polar surface area (TPSA) is 83.6 Å². The van der Waals surface area contributed by atoms with Gasteiger partial charge in [0, 0.05) is 12.1 Å². The number of amides is 1. The van der Waals surface area contributed by atoms with Crippen LogP contribution in [-0.2, 0) is 6.42 Å². The van der Waals surface area contributed by atoms with Crippen LogP contribution in [-0.4, -0.2) is 32.5 Å². The summed E-state index contributed by atoms with van der Waals surface area (Å²) in [7, 11) is 0. The molecule has 2 rings (SSSR count). The smallest absolute Gasteiger partial charge is 0.259 e. The number of carbonyl (C=O) groups is 1. The maximum atomic E-state index is 13.5. The SMILES string of the molecule is CC[C@@H](F)Cc1n[nH]c(C)c1C(=O)Nc1ccnnc1. The summed E-state index contributed by atoms with van der Waals surface area (Å²) in [4.78, 5) is 12.2. The van der Waals surface area contributed by atoms with E-state index in [1.54, 1.807) is 19.9 Å². The molecule has 2 heterocycles. The fourth-order valence-corrected chi connectivity index (χ4v) is 1.84. The highest BCUT2D eigenvalue weighted by molar-refractivity contribution is 6.05. The average Bonchev–Trinajstić information content (AvgIpc) is 2.80. The van der Waals surface area contributed by atoms with E-state index in [2.05, 4.69) is 25.7 Å². The number of aryl methyl sites for hydroxylation is 1. The number of hydrogen-bond donors (Lipinski definition) is 2. The van der Waals surface area contributed by atoms with Crippen LogP contribution in [0.2, 0.25) is 0 Å². The minimum Gasteiger partial charge on any atom is -0.320 e. The van der Waals surface area contributed by atoms with E-state index in [0.717, 1.165) is 0 Å². The third-order valence-corrected chi connectivity index (χ3v) is 2.95. The van der Waals surface area contributed by atoms with Crippen LogP contribution in [0.15, 0.2) is 18.5 Å². The van der Waals surface area contributed by atoms with Gasteiger partial charge < -0.3 is 5.32 Å². The van der Waals surface area contributed by atoms with Gasteiger partial charge in [-0.15, -0.1) is 0 Å². The van der Waals surface area contributed by atoms with Crippen molar-refractivity contribution in [1.29, 1.82) is 0 Å². The van der Waals surface area contributed by atoms with E-state index >= 15 is 0 Å². The molecule has 2 aromatic heterocycles. The van der Waals surface area contributed by atoms with Crippen LogP contribution in [0.4, 0.5) is 10.1 Å². The molecule has 0 bridgehead atoms. The van der Waals surface area contributed by atoms with Crippen LogP contribution in [0.25, 0.3) is 0 Å². The number of alkyl halides is 1. The van der Waals surface area contributed by atoms with Gasteiger partial charge in [0.25, 0.3) is 5.91 Å². The second-order valence-electron chi connectivity index (χ2n) is 4.47. The Morgan fingerprint density at radius 2 is 2.30 bits per heavy atom. The molecule has 1 atom stereocenters. The van der Waals surface area contributed by atoms with Gasteiger partial charge in [0.2, 0.25) is 0 Å². The Hall–Kier alpha value is -2.31. The first-order valence-electron chi connectivity index (χ1n) is 6.37. The molecule has 0 saturated heterocycles. The molecule has 0 aromatic carbocycles. The Kier molecular flexibility index (Phi) is 4.39. The molecule has 0 fully saturated rings. The Morgan fingerprint density at radius 1 is 1.50 bits per heavy atom. The summed E-state index contributed by atoms with van der Waals surface area (Å²) < 4.78 is 13.5. The van der Waals surface area contributed by atoms with Crippen molar-refractivity contribution < 1.29 is 9.18 Å². The highest BCUT2D eigenvalue weighted by atomic mass is 19.1. The van der Waals surface area contributed by atoms with Crippen LogP contribution in [0.1, 0.15) is 35.1 Å². The van der Waals surface area contributed by atoms with E-state index in [-0.39, 0.29) is 12.3 Å². The summed E-state index contributed by atoms with van der Waals surface area (Å²) in [6, 6.07) is 1.63. The fraction of sp³-hybridized carbons (Fsp3) is 0.385. The maximum absolute atomic E-state index is 13.5. The van der Waals surface area contributed by atoms with Crippen molar-refractivity contribution in [2.24, 2.45) is 0 Å². The highest BCUT2D eigenvalue weighted by Gasteiger charge is 2.20. The van der Waals surface area contributed by atoms with Crippen molar-refractivity contribution >= 4 is 11.6 Å². The second-order valence-corrected chi connectivity index (χ2v) is 4.47. The van der Waals surface area contributed by atoms with Crippen LogP contribution in [0, 0.1) is 6.92 Å². The molecular formula is C13H16FN5O. The lowest BCUT2D eigenvalue weighted by Gasteiger charge is -2.07. The molecule has 20 heavy (non-hydrogen) atoms. The second kappa shape index (κ2) is 6.23. The van der Waals surface area contributed by atoms with Crippen molar-refractivity contribution in [3.63, 3.8) is 0 Å². The zero-order valence-corrected chi connectivity index (χ0v) is 11.4. The van der Waals surface area contributed by atoms with Gasteiger partial charge in [0.05, 0.1) is 29.3 Å². The van der Waals surface area contributed by atoms with E-state index < -0.39 is 6.17 Å². The van der Waals surface area contributed by atoms with E-state index in [1.807, 2.05) is 0 Å². The maximum Gasteiger partial charge on any atom is 0.259 e. The number of hydrogen-bond acceptors (Lipinski definition) is 4. The van der Waals surface area contributed by atoms with Gasteiger partial charge in [-0.3, -0.25) is 9.89 Å². The summed E-state index contributed by atoms with van der Waals surface area (Å²) in [5.41, 5.74) is 1.97. The summed E-state index contributed by atoms with van der Waals surface area (Å²) in [5, 5.41) is 16.7. The van der Waals surface area contributed by atoms with Gasteiger partial charge >= 0.3 is 0 Å². The summed E-state index contributed by atoms with van der Waals surface area (Å²) in [5.74, 6) is -0.331. The number of aromatic nitrogens is 4. The predicted molar refractivity (Wildman–Crippen MR) is 72.2 cm³/mol. The first-order valence-corrected chi connectivity index (χ1v) is 6.37. The standard InChI is InChI=1S/C13H16FN5O/c1-3-9(14)6-11-12(8(2)18-19-11)13(20)17-10-4-5-15-16-7-10/h4-5,7,9H,3,6H2,1-2H3,(H,18,19)(H,15,17,20)/t9-/m1/s1. The van der Waals surface area contributed by atoms with Gasteiger partial charge in [-0.05, 0) is 19.4 Å². The molecule has 6 nitrogen and oxygen atoms in total. The number of nitrogens with one attached hydrogen (secondary N) is 2. The summed E-state index contributed by atoms with van der Waals surface area (Å²) >= 11 is 0. The lowest BCUT2D eigenvalue weighted by atomic mass is 10.1. The van der Waals surface area contributed by atoms with Gasteiger partial charge in [0.1, 0.15) is 6.17 Å². The van der Waals surface area contributed by atoms with Gasteiger partial charge in [-0.2, -0.15) is 15.3 Å². The van der Waals surface area contributed by atoms with Crippen molar-refractivity contribution in [3.05, 3.63) is 35.4 Å². The van der Waals surface area contributed by atoms with E-state index in [4.69, 9.17) is 0 Å². The van der Waals surface area contributed by atoms with Crippen LogP contribution in [0.3, 0.4) is 0 Å². The molecule has 0 aliphatic heterocycles. The Balaban J connectivity index is 2.19. The minimum absolute atomic E-state index is 0.123. The normalized spacial score (nSPS) is 12.2. The number of rotatable bonds is 5. The molecule has 0 aliphatic carbocycles. The molecule has 0 radical (unpaired) electrons. The Morgan fingerprint density at radius 3 is 2.95 bits per heavy atom. The third kappa shape index (κ3) is 3.17. The molecule has 1 amide bonds. The molecule has 0 aliphatic rings. The molecule has 2 aromatic rings. The molecule has 7 heteroatoms. The lowest BCUT2D eigenvalue weighted by molar-refractivity contribution is 0.102. The van der Waals surface area contributed by atoms with Gasteiger partial charge in [-0.1, -0.05) is 6.92 Å². The van der Waals surface area contributed by atoms with Crippen molar-refractivity contribution in [1.82, 2.24) is 20.4 Å². The first-order chi connectivity index (χ1) is 9.61. The van der Waals surface area contributed by atoms with E-state index in [9.17, 15) is 9.18 Å². The Labute approximate surface area is 115 Å². The monoisotopic (exact) mass is 277 g/mol. The number of H-pyrrole nitrogens is 1. The molecule has 2 N–H and O–H groups in total. The summed E-state index contributed by atoms with van der Waals surface area (Å²) in [6.07, 6.45) is 2.43. The van der Waals surface area contributed by atoms with Crippen molar-refractivity contribution in [2.45, 2.75) is 32.9 Å². The number of aromatic amines is 1. The molecule has 106 valence electrons. The van der Waals surface area contributed by atoms with Crippen LogP contribution in [0.5, 0.6) is 0 Å². The number of nitrogens with zero attached hydrogens (tertiary/aromatic N) is 3. The third-order valence-electron chi connectivity index (χ3n) is 2.95. The molecular weight excluding hydrogens is 261 g/mol. The first kappa shape index (κ1) is 14.1. The molecule has 0 saturated carbocycles. The van der Waals surface area contributed by atoms with Crippen molar-refractivity contribution in [3.8, 4) is 0 Å². The number of anilines is 1. The Bertz CT molecular complexity index is 584. The molecule has 0 unspecified atom stereocenters.